The van der Waals surface area contributed by atoms with Crippen molar-refractivity contribution in [3.05, 3.63) is 35.4 Å². The van der Waals surface area contributed by atoms with Crippen LogP contribution in [0.15, 0.2) is 18.2 Å². The number of carbonyl (C=O) groups excluding carboxylic acids is 2. The number of amides is 2. The zero-order valence-corrected chi connectivity index (χ0v) is 12.7. The van der Waals surface area contributed by atoms with Crippen LogP contribution in [-0.2, 0) is 9.59 Å². The Balaban J connectivity index is 2.34. The fourth-order valence-electron chi connectivity index (χ4n) is 1.71. The first-order valence-corrected chi connectivity index (χ1v) is 7.15. The second-order valence-corrected chi connectivity index (χ2v) is 4.90. The Labute approximate surface area is 128 Å². The number of hydrogen-bond donors (Lipinski definition) is 3. The minimum Gasteiger partial charge on any atom is -0.355 e. The van der Waals surface area contributed by atoms with Crippen LogP contribution in [0.25, 0.3) is 0 Å². The van der Waals surface area contributed by atoms with Crippen molar-refractivity contribution >= 4 is 11.8 Å². The van der Waals surface area contributed by atoms with Gasteiger partial charge in [-0.15, -0.1) is 0 Å². The van der Waals surface area contributed by atoms with E-state index in [0.29, 0.717) is 12.1 Å². The van der Waals surface area contributed by atoms with E-state index >= 15 is 0 Å². The molecule has 0 bridgehead atoms. The molecule has 0 aromatic heterocycles. The molecule has 0 fully saturated rings. The third-order valence-corrected chi connectivity index (χ3v) is 3.03. The molecular formula is C15H21F2N3O2. The molecule has 7 heteroatoms. The quantitative estimate of drug-likeness (QED) is 0.677. The molecule has 0 spiro atoms. The van der Waals surface area contributed by atoms with E-state index in [9.17, 15) is 18.4 Å². The lowest BCUT2D eigenvalue weighted by Gasteiger charge is -2.14. The SMILES string of the molecule is CCCNC(=O)CNC(=O)CN[C@H](C)c1ccc(F)c(F)c1. The lowest BCUT2D eigenvalue weighted by Crippen LogP contribution is -2.41. The van der Waals surface area contributed by atoms with Gasteiger partial charge in [0, 0.05) is 12.6 Å². The van der Waals surface area contributed by atoms with Crippen molar-refractivity contribution in [2.24, 2.45) is 0 Å². The first kappa shape index (κ1) is 18.0. The number of benzene rings is 1. The molecule has 1 rings (SSSR count). The van der Waals surface area contributed by atoms with E-state index < -0.39 is 11.6 Å². The summed E-state index contributed by atoms with van der Waals surface area (Å²) in [5, 5.41) is 7.99. The number of halogens is 2. The van der Waals surface area contributed by atoms with Crippen LogP contribution in [0.3, 0.4) is 0 Å². The molecule has 22 heavy (non-hydrogen) atoms. The van der Waals surface area contributed by atoms with E-state index in [4.69, 9.17) is 0 Å². The van der Waals surface area contributed by atoms with Gasteiger partial charge in [-0.05, 0) is 31.0 Å². The van der Waals surface area contributed by atoms with Crippen LogP contribution < -0.4 is 16.0 Å². The van der Waals surface area contributed by atoms with E-state index in [1.165, 1.54) is 6.07 Å². The highest BCUT2D eigenvalue weighted by Gasteiger charge is 2.11. The maximum atomic E-state index is 13.1. The molecule has 0 heterocycles. The average molecular weight is 313 g/mol. The van der Waals surface area contributed by atoms with Gasteiger partial charge in [-0.2, -0.15) is 0 Å². The van der Waals surface area contributed by atoms with Crippen molar-refractivity contribution in [3.8, 4) is 0 Å². The molecule has 0 aliphatic carbocycles. The summed E-state index contributed by atoms with van der Waals surface area (Å²) in [4.78, 5) is 22.9. The Bertz CT molecular complexity index is 524. The summed E-state index contributed by atoms with van der Waals surface area (Å²) in [7, 11) is 0. The summed E-state index contributed by atoms with van der Waals surface area (Å²) in [5.74, 6) is -2.43. The minimum atomic E-state index is -0.928. The summed E-state index contributed by atoms with van der Waals surface area (Å²) in [5.41, 5.74) is 0.535. The van der Waals surface area contributed by atoms with Crippen molar-refractivity contribution in [1.29, 1.82) is 0 Å². The van der Waals surface area contributed by atoms with Crippen molar-refractivity contribution in [3.63, 3.8) is 0 Å². The highest BCUT2D eigenvalue weighted by molar-refractivity contribution is 5.85. The first-order valence-electron chi connectivity index (χ1n) is 7.15. The van der Waals surface area contributed by atoms with Crippen molar-refractivity contribution in [1.82, 2.24) is 16.0 Å². The largest absolute Gasteiger partial charge is 0.355 e. The molecular weight excluding hydrogens is 292 g/mol. The normalized spacial score (nSPS) is 11.8. The van der Waals surface area contributed by atoms with E-state index in [1.807, 2.05) is 6.92 Å². The fourth-order valence-corrected chi connectivity index (χ4v) is 1.71. The average Bonchev–Trinajstić information content (AvgIpc) is 2.51. The Morgan fingerprint density at radius 1 is 1.09 bits per heavy atom. The molecule has 0 aliphatic rings. The highest BCUT2D eigenvalue weighted by atomic mass is 19.2. The maximum Gasteiger partial charge on any atom is 0.239 e. The van der Waals surface area contributed by atoms with Crippen LogP contribution in [0.1, 0.15) is 31.9 Å². The summed E-state index contributed by atoms with van der Waals surface area (Å²) in [6, 6.07) is 3.26. The van der Waals surface area contributed by atoms with Crippen LogP contribution in [0.5, 0.6) is 0 Å². The van der Waals surface area contributed by atoms with Crippen LogP contribution in [0.2, 0.25) is 0 Å². The zero-order valence-electron chi connectivity index (χ0n) is 12.7. The fraction of sp³-hybridized carbons (Fsp3) is 0.467. The van der Waals surface area contributed by atoms with E-state index in [-0.39, 0.29) is 30.9 Å². The van der Waals surface area contributed by atoms with Gasteiger partial charge in [-0.1, -0.05) is 13.0 Å². The standard InChI is InChI=1S/C15H21F2N3O2/c1-3-6-18-14(21)9-20-15(22)8-19-10(2)11-4-5-12(16)13(17)7-11/h4-5,7,10,19H,3,6,8-9H2,1-2H3,(H,18,21)(H,20,22)/t10-/m1/s1. The van der Waals surface area contributed by atoms with Crippen LogP contribution in [-0.4, -0.2) is 31.4 Å². The smallest absolute Gasteiger partial charge is 0.239 e. The minimum absolute atomic E-state index is 0.0266. The van der Waals surface area contributed by atoms with Gasteiger partial charge in [0.05, 0.1) is 13.1 Å². The molecule has 1 aromatic carbocycles. The third kappa shape index (κ3) is 6.17. The van der Waals surface area contributed by atoms with Gasteiger partial charge >= 0.3 is 0 Å². The molecule has 0 saturated heterocycles. The van der Waals surface area contributed by atoms with Gasteiger partial charge in [-0.25, -0.2) is 8.78 Å². The summed E-state index contributed by atoms with van der Waals surface area (Å²) in [6.07, 6.45) is 0.826. The van der Waals surface area contributed by atoms with Crippen molar-refractivity contribution < 1.29 is 18.4 Å². The first-order chi connectivity index (χ1) is 10.4. The zero-order chi connectivity index (χ0) is 16.5. The third-order valence-electron chi connectivity index (χ3n) is 3.03. The molecule has 2 amide bonds. The highest BCUT2D eigenvalue weighted by Crippen LogP contribution is 2.15. The van der Waals surface area contributed by atoms with Gasteiger partial charge in [0.15, 0.2) is 11.6 Å². The Morgan fingerprint density at radius 2 is 1.77 bits per heavy atom. The molecule has 0 saturated carbocycles. The number of rotatable bonds is 8. The molecule has 0 aliphatic heterocycles. The molecule has 5 nitrogen and oxygen atoms in total. The Morgan fingerprint density at radius 3 is 2.41 bits per heavy atom. The van der Waals surface area contributed by atoms with Crippen molar-refractivity contribution in [2.45, 2.75) is 26.3 Å². The predicted molar refractivity (Wildman–Crippen MR) is 79.1 cm³/mol. The van der Waals surface area contributed by atoms with E-state index in [1.54, 1.807) is 6.92 Å². The van der Waals surface area contributed by atoms with Crippen LogP contribution in [0.4, 0.5) is 8.78 Å². The number of carbonyl (C=O) groups is 2. The summed E-state index contributed by atoms with van der Waals surface area (Å²) in [6.45, 7) is 4.12. The number of hydrogen-bond acceptors (Lipinski definition) is 3. The lowest BCUT2D eigenvalue weighted by molar-refractivity contribution is -0.125. The molecule has 3 N–H and O–H groups in total. The van der Waals surface area contributed by atoms with Gasteiger partial charge < -0.3 is 16.0 Å². The van der Waals surface area contributed by atoms with Gasteiger partial charge in [0.25, 0.3) is 0 Å². The topological polar surface area (TPSA) is 70.2 Å². The molecule has 1 aromatic rings. The van der Waals surface area contributed by atoms with E-state index in [2.05, 4.69) is 16.0 Å². The van der Waals surface area contributed by atoms with Gasteiger partial charge in [0.2, 0.25) is 11.8 Å². The summed E-state index contributed by atoms with van der Waals surface area (Å²) >= 11 is 0. The van der Waals surface area contributed by atoms with Gasteiger partial charge in [0.1, 0.15) is 0 Å². The van der Waals surface area contributed by atoms with E-state index in [0.717, 1.165) is 18.6 Å². The number of nitrogens with one attached hydrogen (secondary N) is 3. The lowest BCUT2D eigenvalue weighted by atomic mass is 10.1. The Kier molecular flexibility index (Phi) is 7.45. The second-order valence-electron chi connectivity index (χ2n) is 4.90. The molecule has 1 atom stereocenters. The maximum absolute atomic E-state index is 13.1. The predicted octanol–water partition coefficient (Wildman–Crippen LogP) is 1.26. The second kappa shape index (κ2) is 9.09. The summed E-state index contributed by atoms with van der Waals surface area (Å²) < 4.78 is 26.0. The molecule has 0 unspecified atom stereocenters. The Hall–Kier alpha value is -2.02. The van der Waals surface area contributed by atoms with Crippen LogP contribution in [0, 0.1) is 11.6 Å². The van der Waals surface area contributed by atoms with Gasteiger partial charge in [-0.3, -0.25) is 9.59 Å². The molecule has 0 radical (unpaired) electrons. The van der Waals surface area contributed by atoms with Crippen LogP contribution >= 0.6 is 0 Å². The molecule has 122 valence electrons. The monoisotopic (exact) mass is 313 g/mol. The van der Waals surface area contributed by atoms with Crippen molar-refractivity contribution in [2.75, 3.05) is 19.6 Å².